The predicted octanol–water partition coefficient (Wildman–Crippen LogP) is 0.580. The van der Waals surface area contributed by atoms with Gasteiger partial charge in [-0.05, 0) is 0 Å². The van der Waals surface area contributed by atoms with Gasteiger partial charge in [-0.15, -0.1) is 0 Å². The molecule has 0 heterocycles. The molecular formula is C7H8OPbPd. The molecule has 0 fully saturated rings. The SMILES string of the molecule is O=Cc1ccccc1.[PbH2].[Pd]. The number of carbonyl (C=O) groups excluding carboxylic acids is 1. The normalized spacial score (nSPS) is 6.80. The fraction of sp³-hybridized carbons (Fsp3) is 0. The maximum absolute atomic E-state index is 10.0. The van der Waals surface area contributed by atoms with Crippen LogP contribution in [0.3, 0.4) is 0 Å². The van der Waals surface area contributed by atoms with E-state index in [2.05, 4.69) is 0 Å². The van der Waals surface area contributed by atoms with Crippen molar-refractivity contribution in [2.24, 2.45) is 0 Å². The van der Waals surface area contributed by atoms with Crippen molar-refractivity contribution in [1.82, 2.24) is 0 Å². The zero-order valence-corrected chi connectivity index (χ0v) is 12.4. The van der Waals surface area contributed by atoms with Crippen molar-refractivity contribution < 1.29 is 25.2 Å². The second-order valence-corrected chi connectivity index (χ2v) is 1.53. The molecule has 2 radical (unpaired) electrons. The summed E-state index contributed by atoms with van der Waals surface area (Å²) in [5, 5.41) is 0. The summed E-state index contributed by atoms with van der Waals surface area (Å²) in [6.45, 7) is 0. The summed E-state index contributed by atoms with van der Waals surface area (Å²) in [6, 6.07) is 9.10. The van der Waals surface area contributed by atoms with E-state index >= 15 is 0 Å². The standard InChI is InChI=1S/C7H6O.Pb.Pd.2H/c8-6-7-4-2-1-3-5-7;;;;/h1-6H;;;;. The molecule has 0 atom stereocenters. The molecule has 0 aliphatic rings. The van der Waals surface area contributed by atoms with Gasteiger partial charge >= 0.3 is 27.3 Å². The third kappa shape index (κ3) is 4.32. The minimum atomic E-state index is 0. The van der Waals surface area contributed by atoms with Gasteiger partial charge in [0.05, 0.1) is 0 Å². The summed E-state index contributed by atoms with van der Waals surface area (Å²) in [7, 11) is 0. The monoisotopic (exact) mass is 422 g/mol. The zero-order chi connectivity index (χ0) is 5.82. The van der Waals surface area contributed by atoms with Crippen molar-refractivity contribution in [2.75, 3.05) is 0 Å². The van der Waals surface area contributed by atoms with Gasteiger partial charge in [-0.1, -0.05) is 30.3 Å². The maximum Gasteiger partial charge on any atom is 0 e. The Morgan fingerprint density at radius 3 is 1.90 bits per heavy atom. The first-order valence-corrected chi connectivity index (χ1v) is 2.44. The molecule has 0 N–H and O–H groups in total. The summed E-state index contributed by atoms with van der Waals surface area (Å²) >= 11 is 0. The largest absolute Gasteiger partial charge is 0 e. The molecule has 1 aromatic carbocycles. The van der Waals surface area contributed by atoms with Crippen LogP contribution in [0.2, 0.25) is 0 Å². The Kier molecular flexibility index (Phi) is 9.92. The summed E-state index contributed by atoms with van der Waals surface area (Å²) in [4.78, 5) is 10.0. The van der Waals surface area contributed by atoms with E-state index in [1.807, 2.05) is 18.2 Å². The smallest absolute Gasteiger partial charge is 0 e. The van der Waals surface area contributed by atoms with Gasteiger partial charge in [-0.3, -0.25) is 4.79 Å². The van der Waals surface area contributed by atoms with E-state index in [1.165, 1.54) is 0 Å². The second kappa shape index (κ2) is 7.58. The molecule has 3 heteroatoms. The van der Waals surface area contributed by atoms with Crippen molar-refractivity contribution in [2.45, 2.75) is 0 Å². The molecular weight excluding hydrogens is 414 g/mol. The summed E-state index contributed by atoms with van der Waals surface area (Å²) in [5.74, 6) is 0. The zero-order valence-electron chi connectivity index (χ0n) is 5.40. The van der Waals surface area contributed by atoms with Gasteiger partial charge in [0.2, 0.25) is 0 Å². The van der Waals surface area contributed by atoms with Crippen LogP contribution in [0.4, 0.5) is 0 Å². The number of hydrogen-bond acceptors (Lipinski definition) is 1. The van der Waals surface area contributed by atoms with Crippen molar-refractivity contribution in [3.8, 4) is 0 Å². The van der Waals surface area contributed by atoms with Gasteiger partial charge in [0.15, 0.2) is 0 Å². The van der Waals surface area contributed by atoms with Gasteiger partial charge in [-0.25, -0.2) is 0 Å². The average molecular weight is 422 g/mol. The Hall–Kier alpha value is 0.474. The van der Waals surface area contributed by atoms with E-state index in [0.29, 0.717) is 0 Å². The molecule has 0 bridgehead atoms. The fourth-order valence-electron chi connectivity index (χ4n) is 0.532. The van der Waals surface area contributed by atoms with Crippen LogP contribution < -0.4 is 0 Å². The summed E-state index contributed by atoms with van der Waals surface area (Å²) in [6.07, 6.45) is 0.833. The van der Waals surface area contributed by atoms with Crippen LogP contribution in [0.25, 0.3) is 0 Å². The molecule has 0 aliphatic heterocycles. The van der Waals surface area contributed by atoms with Gasteiger partial charge in [0.25, 0.3) is 0 Å². The Bertz CT molecular complexity index is 176. The van der Waals surface area contributed by atoms with Crippen LogP contribution in [-0.2, 0) is 20.4 Å². The molecule has 1 rings (SSSR count). The fourth-order valence-corrected chi connectivity index (χ4v) is 0.532. The molecule has 1 aromatic rings. The number of carbonyl (C=O) groups is 1. The Morgan fingerprint density at radius 1 is 1.10 bits per heavy atom. The van der Waals surface area contributed by atoms with Crippen LogP contribution in [0.1, 0.15) is 10.4 Å². The van der Waals surface area contributed by atoms with E-state index in [-0.39, 0.29) is 47.7 Å². The first-order chi connectivity index (χ1) is 3.93. The van der Waals surface area contributed by atoms with Crippen molar-refractivity contribution >= 4 is 33.6 Å². The Morgan fingerprint density at radius 2 is 1.60 bits per heavy atom. The molecule has 0 aromatic heterocycles. The molecule has 56 valence electrons. The average Bonchev–Trinajstić information content (AvgIpc) is 1.90. The molecule has 0 saturated carbocycles. The van der Waals surface area contributed by atoms with E-state index in [9.17, 15) is 4.79 Å². The van der Waals surface area contributed by atoms with Crippen LogP contribution in [0, 0.1) is 0 Å². The number of benzene rings is 1. The van der Waals surface area contributed by atoms with Crippen LogP contribution in [-0.4, -0.2) is 33.6 Å². The van der Waals surface area contributed by atoms with Crippen molar-refractivity contribution in [3.63, 3.8) is 0 Å². The maximum atomic E-state index is 10.0. The minimum Gasteiger partial charge on any atom is 0 e. The van der Waals surface area contributed by atoms with E-state index < -0.39 is 0 Å². The predicted molar refractivity (Wildman–Crippen MR) is 40.4 cm³/mol. The van der Waals surface area contributed by atoms with Crippen molar-refractivity contribution in [1.29, 1.82) is 0 Å². The number of rotatable bonds is 1. The Labute approximate surface area is 94.0 Å². The number of aldehydes is 1. The first-order valence-electron chi connectivity index (χ1n) is 2.44. The quantitative estimate of drug-likeness (QED) is 0.479. The van der Waals surface area contributed by atoms with E-state index in [4.69, 9.17) is 0 Å². The summed E-state index contributed by atoms with van der Waals surface area (Å²) in [5.41, 5.74) is 0.729. The van der Waals surface area contributed by atoms with Crippen LogP contribution >= 0.6 is 0 Å². The summed E-state index contributed by atoms with van der Waals surface area (Å²) < 4.78 is 0. The topological polar surface area (TPSA) is 17.1 Å². The third-order valence-corrected chi connectivity index (χ3v) is 0.936. The minimum absolute atomic E-state index is 0. The molecule has 10 heavy (non-hydrogen) atoms. The van der Waals surface area contributed by atoms with Gasteiger partial charge in [0.1, 0.15) is 6.29 Å². The molecule has 0 spiro atoms. The van der Waals surface area contributed by atoms with Gasteiger partial charge in [-0.2, -0.15) is 0 Å². The molecule has 1 nitrogen and oxygen atoms in total. The number of hydrogen-bond donors (Lipinski definition) is 0. The van der Waals surface area contributed by atoms with E-state index in [1.54, 1.807) is 12.1 Å². The van der Waals surface area contributed by atoms with Crippen LogP contribution in [0.5, 0.6) is 0 Å². The molecule has 0 aliphatic carbocycles. The second-order valence-electron chi connectivity index (χ2n) is 1.53. The van der Waals surface area contributed by atoms with E-state index in [0.717, 1.165) is 11.8 Å². The van der Waals surface area contributed by atoms with Crippen LogP contribution in [0.15, 0.2) is 30.3 Å². The molecule has 0 saturated heterocycles. The molecule has 0 amide bonds. The molecule has 0 unspecified atom stereocenters. The van der Waals surface area contributed by atoms with Crippen molar-refractivity contribution in [3.05, 3.63) is 35.9 Å². The first kappa shape index (κ1) is 13.1. The van der Waals surface area contributed by atoms with Gasteiger partial charge in [0, 0.05) is 26.0 Å². The third-order valence-electron chi connectivity index (χ3n) is 0.936. The van der Waals surface area contributed by atoms with Gasteiger partial charge < -0.3 is 0 Å². The Balaban J connectivity index is 0.